The molecule has 7 heteroatoms. The smallest absolute Gasteiger partial charge is 0.223 e. The maximum atomic E-state index is 12.1. The highest BCUT2D eigenvalue weighted by Crippen LogP contribution is 2.24. The van der Waals surface area contributed by atoms with E-state index in [2.05, 4.69) is 4.98 Å². The topological polar surface area (TPSA) is 93.4 Å². The van der Waals surface area contributed by atoms with Crippen LogP contribution in [0.15, 0.2) is 36.7 Å². The van der Waals surface area contributed by atoms with Crippen LogP contribution >= 0.6 is 0 Å². The average molecular weight is 319 g/mol. The molecule has 0 radical (unpaired) electrons. The van der Waals surface area contributed by atoms with Crippen LogP contribution in [-0.2, 0) is 21.4 Å². The van der Waals surface area contributed by atoms with E-state index < -0.39 is 10.0 Å². The van der Waals surface area contributed by atoms with E-state index in [-0.39, 0.29) is 24.0 Å². The Morgan fingerprint density at radius 3 is 2.82 bits per heavy atom. The molecular formula is C15H17N3O3S. The first kappa shape index (κ1) is 14.9. The highest BCUT2D eigenvalue weighted by molar-refractivity contribution is 7.89. The summed E-state index contributed by atoms with van der Waals surface area (Å²) in [5.41, 5.74) is 0.961. The average Bonchev–Trinajstić information content (AvgIpc) is 2.77. The van der Waals surface area contributed by atoms with E-state index in [9.17, 15) is 13.2 Å². The molecule has 1 aromatic heterocycles. The number of pyridine rings is 1. The van der Waals surface area contributed by atoms with Gasteiger partial charge in [-0.15, -0.1) is 0 Å². The molecule has 2 heterocycles. The number of aromatic nitrogens is 1. The van der Waals surface area contributed by atoms with Gasteiger partial charge in [-0.05, 0) is 10.9 Å². The lowest BCUT2D eigenvalue weighted by Gasteiger charge is -2.17. The SMILES string of the molecule is NS(=O)(=O)CC1CC(=O)N(Cc2cncc3ccccc23)C1. The number of hydrogen-bond acceptors (Lipinski definition) is 4. The van der Waals surface area contributed by atoms with Gasteiger partial charge in [0.15, 0.2) is 0 Å². The minimum Gasteiger partial charge on any atom is -0.338 e. The van der Waals surface area contributed by atoms with Gasteiger partial charge in [0.05, 0.1) is 5.75 Å². The summed E-state index contributed by atoms with van der Waals surface area (Å²) in [7, 11) is -3.55. The van der Waals surface area contributed by atoms with E-state index in [0.717, 1.165) is 16.3 Å². The van der Waals surface area contributed by atoms with Crippen LogP contribution in [-0.4, -0.2) is 36.5 Å². The fraction of sp³-hybridized carbons (Fsp3) is 0.333. The van der Waals surface area contributed by atoms with E-state index in [1.165, 1.54) is 0 Å². The Balaban J connectivity index is 1.79. The molecule has 1 aliphatic heterocycles. The van der Waals surface area contributed by atoms with Gasteiger partial charge in [0, 0.05) is 43.2 Å². The minimum atomic E-state index is -3.55. The van der Waals surface area contributed by atoms with Crippen molar-refractivity contribution in [3.05, 3.63) is 42.2 Å². The molecule has 1 atom stereocenters. The number of benzene rings is 1. The first-order valence-corrected chi connectivity index (χ1v) is 8.74. The van der Waals surface area contributed by atoms with Crippen LogP contribution in [0.25, 0.3) is 10.8 Å². The molecule has 2 aromatic rings. The molecule has 1 saturated heterocycles. The number of likely N-dealkylation sites (tertiary alicyclic amines) is 1. The summed E-state index contributed by atoms with van der Waals surface area (Å²) < 4.78 is 22.3. The zero-order valence-electron chi connectivity index (χ0n) is 12.0. The highest BCUT2D eigenvalue weighted by Gasteiger charge is 2.32. The lowest BCUT2D eigenvalue weighted by Crippen LogP contribution is -2.27. The number of nitrogens with two attached hydrogens (primary N) is 1. The Hall–Kier alpha value is -1.99. The van der Waals surface area contributed by atoms with Gasteiger partial charge in [-0.25, -0.2) is 13.6 Å². The van der Waals surface area contributed by atoms with Crippen LogP contribution < -0.4 is 5.14 Å². The van der Waals surface area contributed by atoms with Gasteiger partial charge in [-0.3, -0.25) is 9.78 Å². The fourth-order valence-corrected chi connectivity index (χ4v) is 3.84. The number of sulfonamides is 1. The molecule has 1 aliphatic rings. The zero-order chi connectivity index (χ0) is 15.7. The maximum Gasteiger partial charge on any atom is 0.223 e. The van der Waals surface area contributed by atoms with Crippen LogP contribution in [0.5, 0.6) is 0 Å². The van der Waals surface area contributed by atoms with Crippen LogP contribution in [0.1, 0.15) is 12.0 Å². The number of nitrogens with zero attached hydrogens (tertiary/aromatic N) is 2. The van der Waals surface area contributed by atoms with E-state index in [0.29, 0.717) is 13.1 Å². The van der Waals surface area contributed by atoms with Crippen LogP contribution in [0.4, 0.5) is 0 Å². The molecule has 116 valence electrons. The van der Waals surface area contributed by atoms with Crippen molar-refractivity contribution in [2.75, 3.05) is 12.3 Å². The Kier molecular flexibility index (Phi) is 3.84. The van der Waals surface area contributed by atoms with Crippen molar-refractivity contribution in [1.29, 1.82) is 0 Å². The Bertz CT molecular complexity index is 814. The molecule has 0 aliphatic carbocycles. The first-order chi connectivity index (χ1) is 10.4. The number of fused-ring (bicyclic) bond motifs is 1. The normalized spacial score (nSPS) is 19.0. The van der Waals surface area contributed by atoms with Gasteiger partial charge in [0.2, 0.25) is 15.9 Å². The van der Waals surface area contributed by atoms with E-state index in [4.69, 9.17) is 5.14 Å². The molecular weight excluding hydrogens is 302 g/mol. The van der Waals surface area contributed by atoms with E-state index >= 15 is 0 Å². The molecule has 0 saturated carbocycles. The van der Waals surface area contributed by atoms with Gasteiger partial charge in [-0.1, -0.05) is 24.3 Å². The van der Waals surface area contributed by atoms with Gasteiger partial charge in [0.25, 0.3) is 0 Å². The number of amides is 1. The molecule has 1 amide bonds. The number of rotatable bonds is 4. The van der Waals surface area contributed by atoms with Crippen LogP contribution in [0.2, 0.25) is 0 Å². The predicted octanol–water partition coefficient (Wildman–Crippen LogP) is 0.872. The van der Waals surface area contributed by atoms with E-state index in [1.807, 2.05) is 24.3 Å². The van der Waals surface area contributed by atoms with E-state index in [1.54, 1.807) is 17.3 Å². The Morgan fingerprint density at radius 2 is 2.05 bits per heavy atom. The van der Waals surface area contributed by atoms with Gasteiger partial charge < -0.3 is 4.90 Å². The van der Waals surface area contributed by atoms with Crippen LogP contribution in [0.3, 0.4) is 0 Å². The first-order valence-electron chi connectivity index (χ1n) is 7.02. The third-order valence-electron chi connectivity index (χ3n) is 3.87. The molecule has 0 spiro atoms. The number of carbonyl (C=O) groups excluding carboxylic acids is 1. The van der Waals surface area contributed by atoms with Crippen molar-refractivity contribution >= 4 is 26.7 Å². The lowest BCUT2D eigenvalue weighted by molar-refractivity contribution is -0.128. The summed E-state index contributed by atoms with van der Waals surface area (Å²) in [6.45, 7) is 0.854. The molecule has 2 N–H and O–H groups in total. The largest absolute Gasteiger partial charge is 0.338 e. The van der Waals surface area contributed by atoms with Crippen molar-refractivity contribution in [2.45, 2.75) is 13.0 Å². The quantitative estimate of drug-likeness (QED) is 0.905. The third-order valence-corrected chi connectivity index (χ3v) is 4.81. The molecule has 1 unspecified atom stereocenters. The second-order valence-electron chi connectivity index (χ2n) is 5.69. The second-order valence-corrected chi connectivity index (χ2v) is 7.35. The zero-order valence-corrected chi connectivity index (χ0v) is 12.8. The predicted molar refractivity (Wildman–Crippen MR) is 83.2 cm³/mol. The molecule has 6 nitrogen and oxygen atoms in total. The molecule has 3 rings (SSSR count). The summed E-state index contributed by atoms with van der Waals surface area (Å²) in [4.78, 5) is 18.0. The third kappa shape index (κ3) is 3.26. The number of primary sulfonamides is 1. The van der Waals surface area contributed by atoms with Crippen molar-refractivity contribution in [2.24, 2.45) is 11.1 Å². The van der Waals surface area contributed by atoms with Crippen molar-refractivity contribution < 1.29 is 13.2 Å². The monoisotopic (exact) mass is 319 g/mol. The Morgan fingerprint density at radius 1 is 1.27 bits per heavy atom. The molecule has 1 aromatic carbocycles. The summed E-state index contributed by atoms with van der Waals surface area (Å²) in [5, 5.41) is 7.14. The minimum absolute atomic E-state index is 0.0402. The van der Waals surface area contributed by atoms with Crippen molar-refractivity contribution in [3.63, 3.8) is 0 Å². The highest BCUT2D eigenvalue weighted by atomic mass is 32.2. The molecule has 22 heavy (non-hydrogen) atoms. The summed E-state index contributed by atoms with van der Waals surface area (Å²) in [6.07, 6.45) is 3.77. The fourth-order valence-electron chi connectivity index (χ4n) is 2.96. The van der Waals surface area contributed by atoms with Crippen molar-refractivity contribution in [1.82, 2.24) is 9.88 Å². The van der Waals surface area contributed by atoms with Crippen LogP contribution in [0, 0.1) is 5.92 Å². The summed E-state index contributed by atoms with van der Waals surface area (Å²) in [6, 6.07) is 7.86. The summed E-state index contributed by atoms with van der Waals surface area (Å²) in [5.74, 6) is -0.421. The molecule has 1 fully saturated rings. The van der Waals surface area contributed by atoms with Crippen molar-refractivity contribution in [3.8, 4) is 0 Å². The lowest BCUT2D eigenvalue weighted by atomic mass is 10.1. The van der Waals surface area contributed by atoms with Gasteiger partial charge >= 0.3 is 0 Å². The standard InChI is InChI=1S/C15H17N3O3S/c16-22(20,21)10-11-5-15(19)18(8-11)9-13-7-17-6-12-3-1-2-4-14(12)13/h1-4,6-7,11H,5,8-10H2,(H2,16,20,21). The second kappa shape index (κ2) is 5.66. The van der Waals surface area contributed by atoms with Gasteiger partial charge in [-0.2, -0.15) is 0 Å². The van der Waals surface area contributed by atoms with Gasteiger partial charge in [0.1, 0.15) is 0 Å². The Labute approximate surface area is 129 Å². The maximum absolute atomic E-state index is 12.1. The number of hydrogen-bond donors (Lipinski definition) is 1. The number of carbonyl (C=O) groups is 1. The summed E-state index contributed by atoms with van der Waals surface area (Å²) >= 11 is 0. The molecule has 0 bridgehead atoms.